The first kappa shape index (κ1) is 17.5. The van der Waals surface area contributed by atoms with Crippen LogP contribution in [0.1, 0.15) is 30.5 Å². The molecule has 0 spiro atoms. The fraction of sp³-hybridized carbons (Fsp3) is 0.143. The van der Waals surface area contributed by atoms with Crippen LogP contribution >= 0.6 is 0 Å². The number of hydrogen-bond donors (Lipinski definition) is 1. The molecule has 0 amide bonds. The van der Waals surface area contributed by atoms with Crippen LogP contribution in [0.15, 0.2) is 73.1 Å². The summed E-state index contributed by atoms with van der Waals surface area (Å²) in [6, 6.07) is 17.0. The SMILES string of the molecule is C=C(/C=C(/F)C=N)c1cccc(C(C)(C(C)=O)c2ccccc2)c1. The number of Topliss-reactive ketones (excluding diaryl/α,β-unsaturated/α-hetero) is 1. The minimum absolute atomic E-state index is 0.0256. The van der Waals surface area contributed by atoms with E-state index in [0.29, 0.717) is 17.4 Å². The van der Waals surface area contributed by atoms with Crippen molar-refractivity contribution in [3.63, 3.8) is 0 Å². The lowest BCUT2D eigenvalue weighted by Crippen LogP contribution is -2.32. The maximum atomic E-state index is 13.3. The van der Waals surface area contributed by atoms with Gasteiger partial charge in [0.25, 0.3) is 0 Å². The lowest BCUT2D eigenvalue weighted by molar-refractivity contribution is -0.120. The highest BCUT2D eigenvalue weighted by molar-refractivity contribution is 5.92. The molecule has 0 aliphatic rings. The van der Waals surface area contributed by atoms with Crippen molar-refractivity contribution in [1.82, 2.24) is 0 Å². The first-order valence-electron chi connectivity index (χ1n) is 7.63. The molecule has 0 aromatic heterocycles. The van der Waals surface area contributed by atoms with Crippen LogP contribution in [-0.4, -0.2) is 12.0 Å². The molecule has 1 atom stereocenters. The molecule has 0 saturated heterocycles. The Morgan fingerprint density at radius 1 is 1.12 bits per heavy atom. The van der Waals surface area contributed by atoms with Gasteiger partial charge in [-0.3, -0.25) is 4.79 Å². The minimum atomic E-state index is -0.790. The van der Waals surface area contributed by atoms with Gasteiger partial charge in [0.1, 0.15) is 11.6 Å². The molecule has 0 aliphatic carbocycles. The van der Waals surface area contributed by atoms with Crippen molar-refractivity contribution in [3.05, 3.63) is 89.8 Å². The van der Waals surface area contributed by atoms with E-state index in [2.05, 4.69) is 6.58 Å². The molecular weight excluding hydrogens is 301 g/mol. The summed E-state index contributed by atoms with van der Waals surface area (Å²) in [5, 5.41) is 6.92. The standard InChI is InChI=1S/C21H20FNO/c1-15(12-20(22)14-23)17-8-7-11-19(13-17)21(3,16(2)24)18-9-5-4-6-10-18/h4-14,23H,1H2,2-3H3/b20-12+,23-14?. The van der Waals surface area contributed by atoms with Gasteiger partial charge in [0.05, 0.1) is 11.6 Å². The van der Waals surface area contributed by atoms with E-state index in [9.17, 15) is 9.18 Å². The van der Waals surface area contributed by atoms with E-state index < -0.39 is 11.2 Å². The van der Waals surface area contributed by atoms with Crippen LogP contribution in [0.3, 0.4) is 0 Å². The number of hydrogen-bond acceptors (Lipinski definition) is 2. The van der Waals surface area contributed by atoms with Crippen LogP contribution in [-0.2, 0) is 10.2 Å². The second-order valence-electron chi connectivity index (χ2n) is 5.83. The number of nitrogens with one attached hydrogen (secondary N) is 1. The third kappa shape index (κ3) is 3.40. The van der Waals surface area contributed by atoms with Crippen molar-refractivity contribution in [2.75, 3.05) is 0 Å². The van der Waals surface area contributed by atoms with Crippen molar-refractivity contribution < 1.29 is 9.18 Å². The monoisotopic (exact) mass is 321 g/mol. The van der Waals surface area contributed by atoms with Gasteiger partial charge in [0, 0.05) is 0 Å². The summed E-state index contributed by atoms with van der Waals surface area (Å²) in [5.41, 5.74) is 2.11. The van der Waals surface area contributed by atoms with E-state index in [-0.39, 0.29) is 5.78 Å². The summed E-state index contributed by atoms with van der Waals surface area (Å²) in [4.78, 5) is 12.4. The summed E-state index contributed by atoms with van der Waals surface area (Å²) >= 11 is 0. The predicted molar refractivity (Wildman–Crippen MR) is 97.0 cm³/mol. The van der Waals surface area contributed by atoms with Gasteiger partial charge < -0.3 is 5.41 Å². The molecule has 122 valence electrons. The Bertz CT molecular complexity index is 808. The zero-order valence-electron chi connectivity index (χ0n) is 13.8. The highest BCUT2D eigenvalue weighted by Crippen LogP contribution is 2.34. The smallest absolute Gasteiger partial charge is 0.144 e. The normalized spacial score (nSPS) is 13.9. The average Bonchev–Trinajstić information content (AvgIpc) is 2.61. The summed E-state index contributed by atoms with van der Waals surface area (Å²) in [6.45, 7) is 7.31. The molecule has 0 bridgehead atoms. The minimum Gasteiger partial charge on any atom is -0.306 e. The van der Waals surface area contributed by atoms with E-state index in [1.165, 1.54) is 6.08 Å². The molecule has 3 heteroatoms. The Hall–Kier alpha value is -2.81. The van der Waals surface area contributed by atoms with Crippen LogP contribution in [0.25, 0.3) is 5.57 Å². The van der Waals surface area contributed by atoms with Crippen molar-refractivity contribution >= 4 is 17.6 Å². The molecule has 0 radical (unpaired) electrons. The molecule has 1 N–H and O–H groups in total. The van der Waals surface area contributed by atoms with Gasteiger partial charge in [-0.05, 0) is 48.3 Å². The van der Waals surface area contributed by atoms with Gasteiger partial charge in [-0.25, -0.2) is 4.39 Å². The maximum absolute atomic E-state index is 13.3. The van der Waals surface area contributed by atoms with Gasteiger partial charge in [-0.1, -0.05) is 55.1 Å². The highest BCUT2D eigenvalue weighted by Gasteiger charge is 2.34. The van der Waals surface area contributed by atoms with Gasteiger partial charge >= 0.3 is 0 Å². The third-order valence-electron chi connectivity index (χ3n) is 4.32. The molecule has 2 nitrogen and oxygen atoms in total. The summed E-state index contributed by atoms with van der Waals surface area (Å²) in [7, 11) is 0. The Kier molecular flexibility index (Phi) is 5.24. The Labute approximate surface area is 141 Å². The van der Waals surface area contributed by atoms with Crippen LogP contribution in [0.4, 0.5) is 4.39 Å². The molecule has 2 aromatic carbocycles. The number of benzene rings is 2. The Morgan fingerprint density at radius 3 is 2.33 bits per heavy atom. The zero-order chi connectivity index (χ0) is 17.7. The van der Waals surface area contributed by atoms with E-state index in [4.69, 9.17) is 5.41 Å². The molecular formula is C21H20FNO. The molecule has 1 unspecified atom stereocenters. The molecule has 2 aromatic rings. The number of carbonyl (C=O) groups is 1. The van der Waals surface area contributed by atoms with Crippen LogP contribution in [0, 0.1) is 5.41 Å². The topological polar surface area (TPSA) is 40.9 Å². The van der Waals surface area contributed by atoms with Crippen molar-refractivity contribution in [1.29, 1.82) is 5.41 Å². The number of carbonyl (C=O) groups excluding carboxylic acids is 1. The zero-order valence-corrected chi connectivity index (χ0v) is 13.8. The molecule has 0 fully saturated rings. The van der Waals surface area contributed by atoms with Crippen LogP contribution in [0.2, 0.25) is 0 Å². The second kappa shape index (κ2) is 7.18. The lowest BCUT2D eigenvalue weighted by Gasteiger charge is -2.28. The molecule has 0 heterocycles. The molecule has 0 aliphatic heterocycles. The fourth-order valence-electron chi connectivity index (χ4n) is 2.67. The van der Waals surface area contributed by atoms with E-state index in [1.807, 2.05) is 61.5 Å². The van der Waals surface area contributed by atoms with E-state index in [0.717, 1.165) is 11.1 Å². The van der Waals surface area contributed by atoms with E-state index >= 15 is 0 Å². The van der Waals surface area contributed by atoms with Crippen LogP contribution < -0.4 is 0 Å². The quantitative estimate of drug-likeness (QED) is 0.584. The first-order valence-corrected chi connectivity index (χ1v) is 7.63. The number of halogens is 1. The lowest BCUT2D eigenvalue weighted by atomic mass is 9.73. The average molecular weight is 321 g/mol. The largest absolute Gasteiger partial charge is 0.306 e. The first-order chi connectivity index (χ1) is 11.4. The van der Waals surface area contributed by atoms with Crippen molar-refractivity contribution in [2.24, 2.45) is 0 Å². The molecule has 0 saturated carbocycles. The summed E-state index contributed by atoms with van der Waals surface area (Å²) < 4.78 is 13.3. The Balaban J connectivity index is 2.54. The van der Waals surface area contributed by atoms with Crippen molar-refractivity contribution in [3.8, 4) is 0 Å². The maximum Gasteiger partial charge on any atom is 0.144 e. The van der Waals surface area contributed by atoms with Gasteiger partial charge in [0.2, 0.25) is 0 Å². The number of allylic oxidation sites excluding steroid dienone is 3. The highest BCUT2D eigenvalue weighted by atomic mass is 19.1. The van der Waals surface area contributed by atoms with Gasteiger partial charge in [-0.15, -0.1) is 0 Å². The van der Waals surface area contributed by atoms with Gasteiger partial charge in [0.15, 0.2) is 0 Å². The molecule has 2 rings (SSSR count). The fourth-order valence-corrected chi connectivity index (χ4v) is 2.67. The third-order valence-corrected chi connectivity index (χ3v) is 4.32. The Morgan fingerprint density at radius 2 is 1.75 bits per heavy atom. The van der Waals surface area contributed by atoms with Crippen LogP contribution in [0.5, 0.6) is 0 Å². The summed E-state index contributed by atoms with van der Waals surface area (Å²) in [6.07, 6.45) is 1.85. The predicted octanol–water partition coefficient (Wildman–Crippen LogP) is 5.10. The molecule has 24 heavy (non-hydrogen) atoms. The van der Waals surface area contributed by atoms with E-state index in [1.54, 1.807) is 6.92 Å². The van der Waals surface area contributed by atoms with Gasteiger partial charge in [-0.2, -0.15) is 0 Å². The van der Waals surface area contributed by atoms with Crippen molar-refractivity contribution in [2.45, 2.75) is 19.3 Å². The second-order valence-corrected chi connectivity index (χ2v) is 5.83. The number of rotatable bonds is 6. The number of ketones is 1. The summed E-state index contributed by atoms with van der Waals surface area (Å²) in [5.74, 6) is -0.638.